The molecule has 0 bridgehead atoms. The van der Waals surface area contributed by atoms with Crippen molar-refractivity contribution in [3.05, 3.63) is 29.3 Å². The van der Waals surface area contributed by atoms with E-state index in [1.165, 1.54) is 6.26 Å². The number of hydrogen-bond donors (Lipinski definition) is 1. The lowest BCUT2D eigenvalue weighted by atomic mass is 10.1. The third-order valence-electron chi connectivity index (χ3n) is 2.90. The molecule has 1 rings (SSSR count). The second-order valence-corrected chi connectivity index (χ2v) is 7.69. The topological polar surface area (TPSA) is 55.4 Å². The Labute approximate surface area is 122 Å². The van der Waals surface area contributed by atoms with Gasteiger partial charge in [-0.15, -0.1) is 0 Å². The Morgan fingerprint density at radius 3 is 2.60 bits per heavy atom. The molecule has 0 amide bonds. The van der Waals surface area contributed by atoms with Crippen molar-refractivity contribution >= 4 is 9.84 Å². The molecule has 0 unspecified atom stereocenters. The Morgan fingerprint density at radius 1 is 1.30 bits per heavy atom. The van der Waals surface area contributed by atoms with Crippen LogP contribution in [-0.4, -0.2) is 33.1 Å². The van der Waals surface area contributed by atoms with E-state index in [-0.39, 0.29) is 5.75 Å². The maximum Gasteiger partial charge on any atom is 0.147 e. The van der Waals surface area contributed by atoms with Gasteiger partial charge in [0.25, 0.3) is 0 Å². The zero-order valence-electron chi connectivity index (χ0n) is 12.8. The maximum absolute atomic E-state index is 11.1. The second-order valence-electron chi connectivity index (χ2n) is 5.43. The van der Waals surface area contributed by atoms with Crippen molar-refractivity contribution in [3.8, 4) is 5.75 Å². The van der Waals surface area contributed by atoms with Gasteiger partial charge in [0.05, 0.1) is 12.4 Å². The van der Waals surface area contributed by atoms with Crippen LogP contribution in [-0.2, 0) is 16.4 Å². The van der Waals surface area contributed by atoms with E-state index in [2.05, 4.69) is 19.2 Å². The van der Waals surface area contributed by atoms with Crippen LogP contribution >= 0.6 is 0 Å². The van der Waals surface area contributed by atoms with Gasteiger partial charge in [-0.25, -0.2) is 8.42 Å². The molecule has 114 valence electrons. The molecular formula is C15H25NO3S. The molecule has 0 atom stereocenters. The van der Waals surface area contributed by atoms with E-state index >= 15 is 0 Å². The smallest absolute Gasteiger partial charge is 0.147 e. The molecule has 0 saturated heterocycles. The molecule has 0 aromatic heterocycles. The second kappa shape index (κ2) is 7.64. The Morgan fingerprint density at radius 2 is 2.00 bits per heavy atom. The van der Waals surface area contributed by atoms with Gasteiger partial charge in [-0.1, -0.05) is 32.0 Å². The number of sulfone groups is 1. The number of rotatable bonds is 8. The Kier molecular flexibility index (Phi) is 6.49. The quantitative estimate of drug-likeness (QED) is 0.748. The highest BCUT2D eigenvalue weighted by molar-refractivity contribution is 7.90. The van der Waals surface area contributed by atoms with E-state index in [0.717, 1.165) is 23.4 Å². The van der Waals surface area contributed by atoms with Gasteiger partial charge < -0.3 is 10.1 Å². The first-order valence-electron chi connectivity index (χ1n) is 6.92. The average molecular weight is 299 g/mol. The Bertz CT molecular complexity index is 524. The van der Waals surface area contributed by atoms with Crippen LogP contribution in [0.5, 0.6) is 5.75 Å². The number of aryl methyl sites for hydroxylation is 1. The van der Waals surface area contributed by atoms with Crippen molar-refractivity contribution < 1.29 is 13.2 Å². The summed E-state index contributed by atoms with van der Waals surface area (Å²) in [7, 11) is -2.91. The predicted molar refractivity (Wildman–Crippen MR) is 83.0 cm³/mol. The highest BCUT2D eigenvalue weighted by atomic mass is 32.2. The molecule has 1 N–H and O–H groups in total. The minimum atomic E-state index is -2.91. The molecule has 0 aliphatic heterocycles. The van der Waals surface area contributed by atoms with Crippen molar-refractivity contribution in [2.45, 2.75) is 39.8 Å². The van der Waals surface area contributed by atoms with E-state index in [4.69, 9.17) is 4.74 Å². The summed E-state index contributed by atoms with van der Waals surface area (Å²) in [6.07, 6.45) is 1.77. The van der Waals surface area contributed by atoms with E-state index in [0.29, 0.717) is 19.1 Å². The average Bonchev–Trinajstić information content (AvgIpc) is 2.32. The molecule has 0 aliphatic carbocycles. The Hall–Kier alpha value is -1.07. The highest BCUT2D eigenvalue weighted by Crippen LogP contribution is 2.23. The summed E-state index contributed by atoms with van der Waals surface area (Å²) in [5, 5.41) is 3.37. The number of ether oxygens (including phenoxy) is 1. The van der Waals surface area contributed by atoms with Crippen LogP contribution in [0.25, 0.3) is 0 Å². The Balaban J connectivity index is 2.63. The SMILES string of the molecule is Cc1cccc(CNC(C)C)c1OCCCS(C)(=O)=O. The number of nitrogens with one attached hydrogen (secondary N) is 1. The molecular weight excluding hydrogens is 274 g/mol. The molecule has 1 aromatic carbocycles. The van der Waals surface area contributed by atoms with Crippen LogP contribution in [0.15, 0.2) is 18.2 Å². The molecule has 0 spiro atoms. The summed E-state index contributed by atoms with van der Waals surface area (Å²) in [5.41, 5.74) is 2.19. The van der Waals surface area contributed by atoms with Gasteiger partial charge in [-0.3, -0.25) is 0 Å². The zero-order valence-corrected chi connectivity index (χ0v) is 13.6. The molecule has 20 heavy (non-hydrogen) atoms. The lowest BCUT2D eigenvalue weighted by Crippen LogP contribution is -2.22. The van der Waals surface area contributed by atoms with Gasteiger partial charge in [-0.05, 0) is 18.9 Å². The van der Waals surface area contributed by atoms with Crippen molar-refractivity contribution in [2.24, 2.45) is 0 Å². The third-order valence-corrected chi connectivity index (χ3v) is 3.93. The first-order chi connectivity index (χ1) is 9.29. The van der Waals surface area contributed by atoms with E-state index < -0.39 is 9.84 Å². The fraction of sp³-hybridized carbons (Fsp3) is 0.600. The van der Waals surface area contributed by atoms with E-state index in [9.17, 15) is 8.42 Å². The van der Waals surface area contributed by atoms with Crippen molar-refractivity contribution in [2.75, 3.05) is 18.6 Å². The minimum Gasteiger partial charge on any atom is -0.493 e. The van der Waals surface area contributed by atoms with Gasteiger partial charge in [0.15, 0.2) is 0 Å². The minimum absolute atomic E-state index is 0.165. The maximum atomic E-state index is 11.1. The van der Waals surface area contributed by atoms with Crippen LogP contribution in [0.3, 0.4) is 0 Å². The van der Waals surface area contributed by atoms with Crippen LogP contribution in [0.2, 0.25) is 0 Å². The van der Waals surface area contributed by atoms with Gasteiger partial charge in [0, 0.05) is 24.4 Å². The standard InChI is InChI=1S/C15H25NO3S/c1-12(2)16-11-14-8-5-7-13(3)15(14)19-9-6-10-20(4,17)18/h5,7-8,12,16H,6,9-11H2,1-4H3. The number of benzene rings is 1. The number of para-hydroxylation sites is 1. The summed E-state index contributed by atoms with van der Waals surface area (Å²) in [4.78, 5) is 0. The molecule has 5 heteroatoms. The van der Waals surface area contributed by atoms with Crippen LogP contribution in [0.1, 0.15) is 31.4 Å². The van der Waals surface area contributed by atoms with E-state index in [1.807, 2.05) is 25.1 Å². The number of hydrogen-bond acceptors (Lipinski definition) is 4. The molecule has 0 fully saturated rings. The lowest BCUT2D eigenvalue weighted by molar-refractivity contribution is 0.311. The fourth-order valence-corrected chi connectivity index (χ4v) is 2.51. The van der Waals surface area contributed by atoms with Gasteiger partial charge in [0.2, 0.25) is 0 Å². The van der Waals surface area contributed by atoms with Gasteiger partial charge in [-0.2, -0.15) is 0 Å². The first-order valence-corrected chi connectivity index (χ1v) is 8.98. The summed E-state index contributed by atoms with van der Waals surface area (Å²) >= 11 is 0. The zero-order chi connectivity index (χ0) is 15.2. The molecule has 0 aliphatic rings. The molecule has 4 nitrogen and oxygen atoms in total. The fourth-order valence-electron chi connectivity index (χ4n) is 1.87. The van der Waals surface area contributed by atoms with Crippen LogP contribution in [0, 0.1) is 6.92 Å². The highest BCUT2D eigenvalue weighted by Gasteiger charge is 2.08. The first kappa shape index (κ1) is 17.0. The molecule has 0 saturated carbocycles. The van der Waals surface area contributed by atoms with Crippen molar-refractivity contribution in [1.29, 1.82) is 0 Å². The molecule has 0 radical (unpaired) electrons. The van der Waals surface area contributed by atoms with E-state index in [1.54, 1.807) is 0 Å². The molecule has 0 heterocycles. The van der Waals surface area contributed by atoms with Crippen LogP contribution < -0.4 is 10.1 Å². The lowest BCUT2D eigenvalue weighted by Gasteiger charge is -2.15. The summed E-state index contributed by atoms with van der Waals surface area (Å²) in [6.45, 7) is 7.38. The monoisotopic (exact) mass is 299 g/mol. The summed E-state index contributed by atoms with van der Waals surface area (Å²) in [6, 6.07) is 6.46. The normalized spacial score (nSPS) is 11.8. The third kappa shape index (κ3) is 6.39. The summed E-state index contributed by atoms with van der Waals surface area (Å²) < 4.78 is 28.0. The largest absolute Gasteiger partial charge is 0.493 e. The van der Waals surface area contributed by atoms with Gasteiger partial charge in [0.1, 0.15) is 15.6 Å². The summed E-state index contributed by atoms with van der Waals surface area (Å²) in [5.74, 6) is 1.03. The predicted octanol–water partition coefficient (Wildman–Crippen LogP) is 2.31. The van der Waals surface area contributed by atoms with Crippen LogP contribution in [0.4, 0.5) is 0 Å². The molecule has 1 aromatic rings. The van der Waals surface area contributed by atoms with Crippen molar-refractivity contribution in [3.63, 3.8) is 0 Å². The van der Waals surface area contributed by atoms with Crippen molar-refractivity contribution in [1.82, 2.24) is 5.32 Å². The van der Waals surface area contributed by atoms with Gasteiger partial charge >= 0.3 is 0 Å².